The molecule has 0 aromatic carbocycles. The summed E-state index contributed by atoms with van der Waals surface area (Å²) in [6.45, 7) is 3.90. The normalized spacial score (nSPS) is 16.1. The van der Waals surface area contributed by atoms with Crippen molar-refractivity contribution >= 4 is 0 Å². The van der Waals surface area contributed by atoms with Crippen molar-refractivity contribution in [3.8, 4) is 0 Å². The SMILES string of the molecule is CCC(C)n1ccc(CC(O)C(F)(F)F)n1. The lowest BCUT2D eigenvalue weighted by atomic mass is 10.2. The standard InChI is InChI=1S/C10H15F3N2O/c1-3-7(2)15-5-4-8(14-15)6-9(16)10(11,12)13/h4-5,7,9,16H,3,6H2,1-2H3. The van der Waals surface area contributed by atoms with Gasteiger partial charge in [0.25, 0.3) is 0 Å². The number of aromatic nitrogens is 2. The van der Waals surface area contributed by atoms with Crippen molar-refractivity contribution in [2.24, 2.45) is 0 Å². The molecule has 0 bridgehead atoms. The van der Waals surface area contributed by atoms with Crippen molar-refractivity contribution in [1.82, 2.24) is 9.78 Å². The molecule has 6 heteroatoms. The molecule has 16 heavy (non-hydrogen) atoms. The van der Waals surface area contributed by atoms with Gasteiger partial charge in [0.2, 0.25) is 0 Å². The third-order valence-electron chi connectivity index (χ3n) is 2.49. The van der Waals surface area contributed by atoms with Gasteiger partial charge in [0.1, 0.15) is 0 Å². The topological polar surface area (TPSA) is 38.0 Å². The van der Waals surface area contributed by atoms with Gasteiger partial charge in [-0.3, -0.25) is 4.68 Å². The van der Waals surface area contributed by atoms with Gasteiger partial charge in [-0.2, -0.15) is 18.3 Å². The first-order valence-corrected chi connectivity index (χ1v) is 5.13. The van der Waals surface area contributed by atoms with Gasteiger partial charge < -0.3 is 5.11 Å². The average molecular weight is 236 g/mol. The number of alkyl halides is 3. The Kier molecular flexibility index (Phi) is 3.96. The van der Waals surface area contributed by atoms with Gasteiger partial charge in [-0.05, 0) is 19.4 Å². The largest absolute Gasteiger partial charge is 0.414 e. The highest BCUT2D eigenvalue weighted by Gasteiger charge is 2.38. The second-order valence-corrected chi connectivity index (χ2v) is 3.81. The quantitative estimate of drug-likeness (QED) is 0.871. The molecule has 0 saturated heterocycles. The van der Waals surface area contributed by atoms with Crippen LogP contribution in [0.2, 0.25) is 0 Å². The number of aliphatic hydroxyl groups excluding tert-OH is 1. The Labute approximate surface area is 91.9 Å². The number of nitrogens with zero attached hydrogens (tertiary/aromatic N) is 2. The molecule has 1 N–H and O–H groups in total. The summed E-state index contributed by atoms with van der Waals surface area (Å²) in [5, 5.41) is 12.9. The van der Waals surface area contributed by atoms with Crippen molar-refractivity contribution in [2.75, 3.05) is 0 Å². The first-order valence-electron chi connectivity index (χ1n) is 5.13. The molecule has 1 rings (SSSR count). The lowest BCUT2D eigenvalue weighted by Gasteiger charge is -2.13. The summed E-state index contributed by atoms with van der Waals surface area (Å²) in [5.41, 5.74) is 0.255. The molecule has 2 atom stereocenters. The van der Waals surface area contributed by atoms with Crippen molar-refractivity contribution in [3.63, 3.8) is 0 Å². The van der Waals surface area contributed by atoms with Gasteiger partial charge in [-0.25, -0.2) is 0 Å². The Morgan fingerprint density at radius 1 is 1.50 bits per heavy atom. The van der Waals surface area contributed by atoms with E-state index in [1.807, 2.05) is 13.8 Å². The highest BCUT2D eigenvalue weighted by Crippen LogP contribution is 2.22. The highest BCUT2D eigenvalue weighted by molar-refractivity contribution is 5.02. The summed E-state index contributed by atoms with van der Waals surface area (Å²) in [6, 6.07) is 1.65. The third-order valence-corrected chi connectivity index (χ3v) is 2.49. The average Bonchev–Trinajstić information content (AvgIpc) is 2.63. The predicted octanol–water partition coefficient (Wildman–Crippen LogP) is 2.32. The minimum Gasteiger partial charge on any atom is -0.383 e. The van der Waals surface area contributed by atoms with Crippen LogP contribution in [0.5, 0.6) is 0 Å². The number of aliphatic hydroxyl groups is 1. The maximum Gasteiger partial charge on any atom is 0.414 e. The smallest absolute Gasteiger partial charge is 0.383 e. The van der Waals surface area contributed by atoms with Crippen molar-refractivity contribution in [2.45, 2.75) is 45.0 Å². The fourth-order valence-corrected chi connectivity index (χ4v) is 1.23. The zero-order chi connectivity index (χ0) is 12.3. The molecule has 0 aliphatic heterocycles. The summed E-state index contributed by atoms with van der Waals surface area (Å²) < 4.78 is 37.9. The molecule has 92 valence electrons. The molecule has 0 amide bonds. The maximum absolute atomic E-state index is 12.1. The van der Waals surface area contributed by atoms with Gasteiger partial charge in [-0.15, -0.1) is 0 Å². The van der Waals surface area contributed by atoms with Crippen LogP contribution >= 0.6 is 0 Å². The Morgan fingerprint density at radius 2 is 2.12 bits per heavy atom. The van der Waals surface area contributed by atoms with Crippen molar-refractivity contribution in [1.29, 1.82) is 0 Å². The van der Waals surface area contributed by atoms with Gasteiger partial charge in [0, 0.05) is 18.7 Å². The monoisotopic (exact) mass is 236 g/mol. The summed E-state index contributed by atoms with van der Waals surface area (Å²) in [7, 11) is 0. The molecule has 1 heterocycles. The molecule has 1 aromatic heterocycles. The lowest BCUT2D eigenvalue weighted by Crippen LogP contribution is -2.30. The van der Waals surface area contributed by atoms with Crippen LogP contribution in [0.3, 0.4) is 0 Å². The van der Waals surface area contributed by atoms with Gasteiger partial charge in [0.05, 0.1) is 5.69 Å². The summed E-state index contributed by atoms with van der Waals surface area (Å²) in [5.74, 6) is 0. The minimum absolute atomic E-state index is 0.150. The van der Waals surface area contributed by atoms with Crippen LogP contribution in [0, 0.1) is 0 Å². The number of rotatable bonds is 4. The molecule has 0 radical (unpaired) electrons. The molecule has 0 fully saturated rings. The zero-order valence-electron chi connectivity index (χ0n) is 9.20. The maximum atomic E-state index is 12.1. The molecule has 1 aromatic rings. The molecule has 0 aliphatic carbocycles. The molecule has 2 unspecified atom stereocenters. The fourth-order valence-electron chi connectivity index (χ4n) is 1.23. The Balaban J connectivity index is 2.66. The molecular weight excluding hydrogens is 221 g/mol. The molecule has 0 spiro atoms. The van der Waals surface area contributed by atoms with E-state index in [0.717, 1.165) is 6.42 Å². The van der Waals surface area contributed by atoms with Gasteiger partial charge >= 0.3 is 6.18 Å². The summed E-state index contributed by atoms with van der Waals surface area (Å²) in [4.78, 5) is 0. The van der Waals surface area contributed by atoms with Gasteiger partial charge in [-0.1, -0.05) is 6.92 Å². The summed E-state index contributed by atoms with van der Waals surface area (Å²) in [6.07, 6.45) is -4.93. The van der Waals surface area contributed by atoms with Crippen molar-refractivity contribution < 1.29 is 18.3 Å². The first kappa shape index (κ1) is 13.0. The van der Waals surface area contributed by atoms with E-state index in [4.69, 9.17) is 5.11 Å². The van der Waals surface area contributed by atoms with Crippen LogP contribution in [-0.4, -0.2) is 27.2 Å². The van der Waals surface area contributed by atoms with Crippen LogP contribution < -0.4 is 0 Å². The zero-order valence-corrected chi connectivity index (χ0v) is 9.20. The fraction of sp³-hybridized carbons (Fsp3) is 0.700. The third kappa shape index (κ3) is 3.23. The molecule has 0 aliphatic rings. The molecule has 0 saturated carbocycles. The molecule has 3 nitrogen and oxygen atoms in total. The summed E-state index contributed by atoms with van der Waals surface area (Å²) >= 11 is 0. The Morgan fingerprint density at radius 3 is 2.62 bits per heavy atom. The van der Waals surface area contributed by atoms with E-state index >= 15 is 0 Å². The van der Waals surface area contributed by atoms with Crippen LogP contribution in [0.25, 0.3) is 0 Å². The predicted molar refractivity (Wildman–Crippen MR) is 53.0 cm³/mol. The van der Waals surface area contributed by atoms with E-state index in [0.29, 0.717) is 0 Å². The van der Waals surface area contributed by atoms with E-state index in [-0.39, 0.29) is 11.7 Å². The number of hydrogen-bond donors (Lipinski definition) is 1. The second-order valence-electron chi connectivity index (χ2n) is 3.81. The van der Waals surface area contributed by atoms with E-state index in [1.165, 1.54) is 6.07 Å². The van der Waals surface area contributed by atoms with Crippen LogP contribution in [0.4, 0.5) is 13.2 Å². The second kappa shape index (κ2) is 4.86. The van der Waals surface area contributed by atoms with E-state index in [1.54, 1.807) is 10.9 Å². The first-order chi connectivity index (χ1) is 7.34. The van der Waals surface area contributed by atoms with Gasteiger partial charge in [0.15, 0.2) is 6.10 Å². The van der Waals surface area contributed by atoms with E-state index in [2.05, 4.69) is 5.10 Å². The van der Waals surface area contributed by atoms with E-state index in [9.17, 15) is 13.2 Å². The molecular formula is C10H15F3N2O. The van der Waals surface area contributed by atoms with E-state index < -0.39 is 18.7 Å². The Bertz CT molecular complexity index is 335. The highest BCUT2D eigenvalue weighted by atomic mass is 19.4. The van der Waals surface area contributed by atoms with Crippen LogP contribution in [0.15, 0.2) is 12.3 Å². The van der Waals surface area contributed by atoms with Crippen LogP contribution in [-0.2, 0) is 6.42 Å². The number of hydrogen-bond acceptors (Lipinski definition) is 2. The Hall–Kier alpha value is -1.04. The minimum atomic E-state index is -4.58. The van der Waals surface area contributed by atoms with Crippen LogP contribution in [0.1, 0.15) is 32.0 Å². The van der Waals surface area contributed by atoms with Crippen molar-refractivity contribution in [3.05, 3.63) is 18.0 Å². The number of halogens is 3. The lowest BCUT2D eigenvalue weighted by molar-refractivity contribution is -0.203.